The normalized spacial score (nSPS) is 11.0. The summed E-state index contributed by atoms with van der Waals surface area (Å²) in [5.41, 5.74) is 1.56. The van der Waals surface area contributed by atoms with Gasteiger partial charge in [0.25, 0.3) is 0 Å². The summed E-state index contributed by atoms with van der Waals surface area (Å²) in [5, 5.41) is 13.1. The maximum absolute atomic E-state index is 12.5. The lowest BCUT2D eigenvalue weighted by atomic mass is 10.1. The second kappa shape index (κ2) is 8.48. The van der Waals surface area contributed by atoms with Gasteiger partial charge in [-0.2, -0.15) is 10.4 Å². The second-order valence-corrected chi connectivity index (χ2v) is 5.98. The van der Waals surface area contributed by atoms with Crippen LogP contribution in [0.1, 0.15) is 11.1 Å². The van der Waals surface area contributed by atoms with Gasteiger partial charge in [-0.05, 0) is 29.3 Å². The molecule has 148 valence electrons. The largest absolute Gasteiger partial charge is 0.573 e. The molecule has 1 heterocycles. The Kier molecular flexibility index (Phi) is 5.83. The van der Waals surface area contributed by atoms with Crippen LogP contribution in [0.4, 0.5) is 13.2 Å². The molecule has 2 aromatic carbocycles. The Balaban J connectivity index is 1.70. The number of nitriles is 1. The van der Waals surface area contributed by atoms with E-state index in [1.54, 1.807) is 6.07 Å². The number of hydrogen-bond acceptors (Lipinski definition) is 5. The first kappa shape index (κ1) is 19.9. The molecule has 0 atom stereocenters. The minimum absolute atomic E-state index is 0.00299. The van der Waals surface area contributed by atoms with Crippen LogP contribution in [-0.2, 0) is 22.7 Å². The van der Waals surface area contributed by atoms with Gasteiger partial charge in [0.1, 0.15) is 18.9 Å². The Bertz CT molecular complexity index is 1040. The first-order valence-corrected chi connectivity index (χ1v) is 8.36. The minimum Gasteiger partial charge on any atom is -0.459 e. The first-order chi connectivity index (χ1) is 13.8. The van der Waals surface area contributed by atoms with Gasteiger partial charge in [0.15, 0.2) is 0 Å². The Morgan fingerprint density at radius 2 is 1.90 bits per heavy atom. The maximum Gasteiger partial charge on any atom is 0.573 e. The first-order valence-electron chi connectivity index (χ1n) is 8.36. The molecule has 6 nitrogen and oxygen atoms in total. The Morgan fingerprint density at radius 1 is 1.14 bits per heavy atom. The van der Waals surface area contributed by atoms with E-state index < -0.39 is 18.1 Å². The molecule has 29 heavy (non-hydrogen) atoms. The highest BCUT2D eigenvalue weighted by Gasteiger charge is 2.31. The van der Waals surface area contributed by atoms with Crippen molar-refractivity contribution in [3.05, 3.63) is 72.1 Å². The van der Waals surface area contributed by atoms with Crippen LogP contribution < -0.4 is 4.74 Å². The molecule has 0 aliphatic heterocycles. The lowest BCUT2D eigenvalue weighted by molar-refractivity contribution is -0.274. The number of hydrogen-bond donors (Lipinski definition) is 0. The number of aromatic nitrogens is 2. The van der Waals surface area contributed by atoms with E-state index in [2.05, 4.69) is 9.84 Å². The van der Waals surface area contributed by atoms with Crippen LogP contribution >= 0.6 is 0 Å². The van der Waals surface area contributed by atoms with Crippen LogP contribution in [0.15, 0.2) is 60.9 Å². The lowest BCUT2D eigenvalue weighted by Gasteiger charge is -2.10. The summed E-state index contributed by atoms with van der Waals surface area (Å²) in [4.78, 5) is 12.0. The summed E-state index contributed by atoms with van der Waals surface area (Å²) >= 11 is 0. The van der Waals surface area contributed by atoms with Crippen molar-refractivity contribution in [1.29, 1.82) is 5.26 Å². The van der Waals surface area contributed by atoms with Crippen molar-refractivity contribution >= 4 is 5.97 Å². The number of halogens is 3. The topological polar surface area (TPSA) is 77.1 Å². The quantitative estimate of drug-likeness (QED) is 0.582. The number of nitrogens with zero attached hydrogens (tertiary/aromatic N) is 3. The number of carbonyl (C=O) groups is 1. The molecule has 0 aliphatic rings. The van der Waals surface area contributed by atoms with E-state index in [1.165, 1.54) is 23.1 Å². The number of esters is 1. The molecule has 0 amide bonds. The van der Waals surface area contributed by atoms with Crippen molar-refractivity contribution in [3.8, 4) is 22.9 Å². The van der Waals surface area contributed by atoms with Crippen molar-refractivity contribution in [2.75, 3.05) is 0 Å². The molecule has 0 aliphatic carbocycles. The zero-order valence-corrected chi connectivity index (χ0v) is 14.9. The molecule has 0 unspecified atom stereocenters. The maximum atomic E-state index is 12.5. The number of rotatable bonds is 6. The van der Waals surface area contributed by atoms with Gasteiger partial charge >= 0.3 is 12.3 Å². The predicted molar refractivity (Wildman–Crippen MR) is 95.3 cm³/mol. The van der Waals surface area contributed by atoms with E-state index in [-0.39, 0.29) is 18.7 Å². The molecule has 0 saturated heterocycles. The number of carbonyl (C=O) groups excluding carboxylic acids is 1. The highest BCUT2D eigenvalue weighted by Crippen LogP contribution is 2.29. The van der Waals surface area contributed by atoms with E-state index >= 15 is 0 Å². The minimum atomic E-state index is -4.88. The zero-order chi connectivity index (χ0) is 20.9. The van der Waals surface area contributed by atoms with Crippen molar-refractivity contribution in [3.63, 3.8) is 0 Å². The van der Waals surface area contributed by atoms with Gasteiger partial charge in [-0.3, -0.25) is 9.48 Å². The third-order valence-corrected chi connectivity index (χ3v) is 3.77. The number of benzene rings is 2. The molecular weight excluding hydrogens is 387 g/mol. The lowest BCUT2D eigenvalue weighted by Crippen LogP contribution is -2.17. The molecule has 0 spiro atoms. The fourth-order valence-electron chi connectivity index (χ4n) is 2.54. The Labute approximate surface area is 163 Å². The summed E-state index contributed by atoms with van der Waals surface area (Å²) in [7, 11) is 0. The average Bonchev–Trinajstić information content (AvgIpc) is 3.14. The van der Waals surface area contributed by atoms with Gasteiger partial charge in [-0.25, -0.2) is 0 Å². The van der Waals surface area contributed by atoms with Gasteiger partial charge in [-0.1, -0.05) is 30.3 Å². The van der Waals surface area contributed by atoms with Gasteiger partial charge in [0, 0.05) is 11.8 Å². The molecule has 0 bridgehead atoms. The summed E-state index contributed by atoms with van der Waals surface area (Å²) < 4.78 is 47.8. The van der Waals surface area contributed by atoms with Crippen molar-refractivity contribution < 1.29 is 27.4 Å². The van der Waals surface area contributed by atoms with Crippen LogP contribution in [0.3, 0.4) is 0 Å². The van der Waals surface area contributed by atoms with E-state index in [9.17, 15) is 18.0 Å². The third-order valence-electron chi connectivity index (χ3n) is 3.77. The molecule has 0 radical (unpaired) electrons. The van der Waals surface area contributed by atoms with Crippen LogP contribution in [-0.4, -0.2) is 22.1 Å². The van der Waals surface area contributed by atoms with Crippen LogP contribution in [0.5, 0.6) is 5.75 Å². The van der Waals surface area contributed by atoms with Gasteiger partial charge in [0.2, 0.25) is 0 Å². The Hall–Kier alpha value is -3.80. The molecule has 9 heteroatoms. The fraction of sp³-hybridized carbons (Fsp3) is 0.150. The smallest absolute Gasteiger partial charge is 0.459 e. The monoisotopic (exact) mass is 401 g/mol. The standard InChI is InChI=1S/C20H14F3N3O3/c21-20(22,23)29-18-7-15(9-24)6-16(8-18)17-10-25-26(11-17)12-19(27)28-13-14-4-2-1-3-5-14/h1-8,10-11H,12-13H2. The molecular formula is C20H14F3N3O3. The summed E-state index contributed by atoms with van der Waals surface area (Å²) in [6, 6.07) is 14.5. The van der Waals surface area contributed by atoms with Crippen molar-refractivity contribution in [1.82, 2.24) is 9.78 Å². The fourth-order valence-corrected chi connectivity index (χ4v) is 2.54. The van der Waals surface area contributed by atoms with E-state index in [0.29, 0.717) is 11.1 Å². The third kappa shape index (κ3) is 5.84. The highest BCUT2D eigenvalue weighted by atomic mass is 19.4. The van der Waals surface area contributed by atoms with Crippen LogP contribution in [0.25, 0.3) is 11.1 Å². The summed E-state index contributed by atoms with van der Waals surface area (Å²) in [6.45, 7) is -0.0488. The van der Waals surface area contributed by atoms with Crippen LogP contribution in [0, 0.1) is 11.3 Å². The molecule has 3 rings (SSSR count). The summed E-state index contributed by atoms with van der Waals surface area (Å²) in [5.74, 6) is -1.03. The average molecular weight is 401 g/mol. The number of alkyl halides is 3. The van der Waals surface area contributed by atoms with Gasteiger partial charge in [0.05, 0.1) is 17.8 Å². The van der Waals surface area contributed by atoms with Crippen molar-refractivity contribution in [2.24, 2.45) is 0 Å². The van der Waals surface area contributed by atoms with E-state index in [0.717, 1.165) is 17.7 Å². The highest BCUT2D eigenvalue weighted by molar-refractivity contribution is 5.70. The molecule has 0 fully saturated rings. The zero-order valence-electron chi connectivity index (χ0n) is 14.9. The van der Waals surface area contributed by atoms with Gasteiger partial charge < -0.3 is 9.47 Å². The molecule has 3 aromatic rings. The number of ether oxygens (including phenoxy) is 2. The van der Waals surface area contributed by atoms with Gasteiger partial charge in [-0.15, -0.1) is 13.2 Å². The molecule has 0 N–H and O–H groups in total. The van der Waals surface area contributed by atoms with Crippen LogP contribution in [0.2, 0.25) is 0 Å². The molecule has 0 saturated carbocycles. The SMILES string of the molecule is N#Cc1cc(OC(F)(F)F)cc(-c2cnn(CC(=O)OCc3ccccc3)c2)c1. The summed E-state index contributed by atoms with van der Waals surface area (Å²) in [6.07, 6.45) is -2.03. The van der Waals surface area contributed by atoms with E-state index in [1.807, 2.05) is 30.3 Å². The molecule has 1 aromatic heterocycles. The predicted octanol–water partition coefficient (Wildman–Crippen LogP) is 4.06. The second-order valence-electron chi connectivity index (χ2n) is 5.98. The van der Waals surface area contributed by atoms with Crippen molar-refractivity contribution in [2.45, 2.75) is 19.5 Å². The Morgan fingerprint density at radius 3 is 2.59 bits per heavy atom. The van der Waals surface area contributed by atoms with E-state index in [4.69, 9.17) is 10.00 Å².